The molecule has 0 spiro atoms. The Balaban J connectivity index is 1.51. The quantitative estimate of drug-likeness (QED) is 0.422. The Morgan fingerprint density at radius 3 is 2.58 bits per heavy atom. The highest BCUT2D eigenvalue weighted by Crippen LogP contribution is 2.47. The smallest absolute Gasteiger partial charge is 0.471 e. The van der Waals surface area contributed by atoms with Crippen LogP contribution in [0.25, 0.3) is 0 Å². The fourth-order valence-electron chi connectivity index (χ4n) is 4.66. The Kier molecular flexibility index (Phi) is 6.33. The van der Waals surface area contributed by atoms with E-state index in [0.29, 0.717) is 21.7 Å². The maximum absolute atomic E-state index is 13.8. The molecule has 2 N–H and O–H groups in total. The second kappa shape index (κ2) is 9.51. The molecule has 0 radical (unpaired) electrons. The Hall–Kier alpha value is -4.35. The zero-order chi connectivity index (χ0) is 27.2. The molecule has 12 heteroatoms. The van der Waals surface area contributed by atoms with Crippen LogP contribution in [0.1, 0.15) is 30.0 Å². The number of carbonyl (C=O) groups is 2. The number of nitrogens with one attached hydrogen (secondary N) is 1. The molecular formula is C26H21F4N3O5. The summed E-state index contributed by atoms with van der Waals surface area (Å²) in [5.41, 5.74) is 1.18. The van der Waals surface area contributed by atoms with Crippen LogP contribution in [-0.2, 0) is 9.59 Å². The minimum Gasteiger partial charge on any atom is -0.493 e. The van der Waals surface area contributed by atoms with Gasteiger partial charge in [-0.05, 0) is 24.3 Å². The molecule has 5 rings (SSSR count). The van der Waals surface area contributed by atoms with Crippen LogP contribution in [0.5, 0.6) is 11.5 Å². The molecule has 0 fully saturated rings. The fraction of sp³-hybridized carbons (Fsp3) is 0.269. The van der Waals surface area contributed by atoms with Crippen LogP contribution in [-0.4, -0.2) is 41.4 Å². The van der Waals surface area contributed by atoms with E-state index >= 15 is 0 Å². The Labute approximate surface area is 213 Å². The normalized spacial score (nSPS) is 18.6. The lowest BCUT2D eigenvalue weighted by molar-refractivity contribution is -0.171. The van der Waals surface area contributed by atoms with E-state index in [1.165, 1.54) is 37.3 Å². The summed E-state index contributed by atoms with van der Waals surface area (Å²) >= 11 is 0. The minimum absolute atomic E-state index is 0.0568. The lowest BCUT2D eigenvalue weighted by atomic mass is 9.89. The number of rotatable bonds is 6. The van der Waals surface area contributed by atoms with Gasteiger partial charge in [0.2, 0.25) is 0 Å². The number of nitrogens with zero attached hydrogens (tertiary/aromatic N) is 2. The minimum atomic E-state index is -5.18. The second-order valence-corrected chi connectivity index (χ2v) is 8.98. The highest BCUT2D eigenvalue weighted by Gasteiger charge is 2.48. The Morgan fingerprint density at radius 2 is 1.89 bits per heavy atom. The number of aliphatic carboxylic acids is 1. The van der Waals surface area contributed by atoms with Crippen LogP contribution in [0, 0.1) is 11.7 Å². The molecule has 2 aliphatic rings. The standard InChI is InChI=1S/C26H21F4N3O5/c1-13(24(34)35)18-11-37-21-9-15(6-7-16(18)21)33(25(36)26(28,29)30)20-12-38-23-17(20)3-2-4-19(23)32-22-8-5-14(27)10-31-22/h2-10,13,18,20H,11-12H2,1H3,(H,31,32)(H,34,35)/t13?,18-,20+/m0/s1. The lowest BCUT2D eigenvalue weighted by Gasteiger charge is -2.29. The number of anilines is 3. The number of halogens is 4. The highest BCUT2D eigenvalue weighted by atomic mass is 19.4. The predicted molar refractivity (Wildman–Crippen MR) is 127 cm³/mol. The number of amides is 1. The SMILES string of the molecule is CC(C(=O)O)[C@@H]1COc2cc(N(C(=O)C(F)(F)F)[C@@H]3COc4c(Nc5ccc(F)cn5)cccc43)ccc21. The van der Waals surface area contributed by atoms with Gasteiger partial charge in [0.25, 0.3) is 0 Å². The lowest BCUT2D eigenvalue weighted by Crippen LogP contribution is -2.44. The number of hydrogen-bond acceptors (Lipinski definition) is 6. The molecule has 1 amide bonds. The number of para-hydroxylation sites is 1. The molecule has 198 valence electrons. The zero-order valence-corrected chi connectivity index (χ0v) is 19.8. The van der Waals surface area contributed by atoms with Gasteiger partial charge >= 0.3 is 18.1 Å². The first-order chi connectivity index (χ1) is 18.0. The number of ether oxygens (including phenoxy) is 2. The van der Waals surface area contributed by atoms with Gasteiger partial charge < -0.3 is 19.9 Å². The average Bonchev–Trinajstić information content (AvgIpc) is 3.49. The molecule has 0 aliphatic carbocycles. The van der Waals surface area contributed by atoms with E-state index in [2.05, 4.69) is 10.3 Å². The number of alkyl halides is 3. The van der Waals surface area contributed by atoms with E-state index < -0.39 is 41.7 Å². The van der Waals surface area contributed by atoms with Crippen molar-refractivity contribution in [3.05, 3.63) is 71.7 Å². The van der Waals surface area contributed by atoms with Gasteiger partial charge in [-0.15, -0.1) is 0 Å². The van der Waals surface area contributed by atoms with Crippen molar-refractivity contribution < 1.29 is 41.7 Å². The van der Waals surface area contributed by atoms with E-state index in [4.69, 9.17) is 9.47 Å². The van der Waals surface area contributed by atoms with Gasteiger partial charge in [0.15, 0.2) is 0 Å². The third-order valence-electron chi connectivity index (χ3n) is 6.64. The first-order valence-corrected chi connectivity index (χ1v) is 11.6. The van der Waals surface area contributed by atoms with Crippen molar-refractivity contribution in [3.63, 3.8) is 0 Å². The van der Waals surface area contributed by atoms with Crippen molar-refractivity contribution in [1.29, 1.82) is 0 Å². The first kappa shape index (κ1) is 25.3. The fourth-order valence-corrected chi connectivity index (χ4v) is 4.66. The van der Waals surface area contributed by atoms with Crippen molar-refractivity contribution in [2.75, 3.05) is 23.4 Å². The van der Waals surface area contributed by atoms with Gasteiger partial charge in [-0.3, -0.25) is 14.5 Å². The molecule has 3 atom stereocenters. The maximum Gasteiger partial charge on any atom is 0.471 e. The summed E-state index contributed by atoms with van der Waals surface area (Å²) in [6, 6.07) is 10.4. The van der Waals surface area contributed by atoms with E-state index in [1.54, 1.807) is 18.2 Å². The zero-order valence-electron chi connectivity index (χ0n) is 19.8. The molecule has 0 saturated heterocycles. The number of benzene rings is 2. The number of carboxylic acids is 1. The summed E-state index contributed by atoms with van der Waals surface area (Å²) in [4.78, 5) is 28.7. The van der Waals surface area contributed by atoms with E-state index in [0.717, 1.165) is 6.20 Å². The third kappa shape index (κ3) is 4.57. The van der Waals surface area contributed by atoms with Crippen molar-refractivity contribution in [2.45, 2.75) is 25.1 Å². The van der Waals surface area contributed by atoms with E-state index in [1.807, 2.05) is 0 Å². The van der Waals surface area contributed by atoms with Gasteiger partial charge in [0, 0.05) is 28.8 Å². The summed E-state index contributed by atoms with van der Waals surface area (Å²) in [6.45, 7) is 1.32. The van der Waals surface area contributed by atoms with Crippen molar-refractivity contribution in [3.8, 4) is 11.5 Å². The highest BCUT2D eigenvalue weighted by molar-refractivity contribution is 5.98. The summed E-state index contributed by atoms with van der Waals surface area (Å²) in [5, 5.41) is 12.3. The molecular weight excluding hydrogens is 510 g/mol. The summed E-state index contributed by atoms with van der Waals surface area (Å²) in [6.07, 6.45) is -4.17. The number of aromatic nitrogens is 1. The largest absolute Gasteiger partial charge is 0.493 e. The van der Waals surface area contributed by atoms with Crippen LogP contribution in [0.15, 0.2) is 54.7 Å². The molecule has 8 nitrogen and oxygen atoms in total. The van der Waals surface area contributed by atoms with Gasteiger partial charge in [-0.2, -0.15) is 13.2 Å². The van der Waals surface area contributed by atoms with Gasteiger partial charge in [-0.25, -0.2) is 9.37 Å². The number of carbonyl (C=O) groups excluding carboxylic acids is 1. The van der Waals surface area contributed by atoms with E-state index in [9.17, 15) is 32.3 Å². The molecule has 0 saturated carbocycles. The van der Waals surface area contributed by atoms with Gasteiger partial charge in [-0.1, -0.05) is 25.1 Å². The first-order valence-electron chi connectivity index (χ1n) is 11.6. The van der Waals surface area contributed by atoms with Crippen LogP contribution in [0.4, 0.5) is 34.8 Å². The molecule has 1 unspecified atom stereocenters. The average molecular weight is 531 g/mol. The number of pyridine rings is 1. The van der Waals surface area contributed by atoms with Gasteiger partial charge in [0.05, 0.1) is 30.5 Å². The number of fused-ring (bicyclic) bond motifs is 2. The van der Waals surface area contributed by atoms with Gasteiger partial charge in [0.1, 0.15) is 29.7 Å². The predicted octanol–water partition coefficient (Wildman–Crippen LogP) is 5.19. The van der Waals surface area contributed by atoms with Crippen molar-refractivity contribution in [1.82, 2.24) is 4.98 Å². The van der Waals surface area contributed by atoms with E-state index in [-0.39, 0.29) is 36.2 Å². The molecule has 1 aromatic heterocycles. The van der Waals surface area contributed by atoms with Crippen LogP contribution < -0.4 is 19.7 Å². The Morgan fingerprint density at radius 1 is 1.11 bits per heavy atom. The monoisotopic (exact) mass is 531 g/mol. The van der Waals surface area contributed by atoms with Crippen molar-refractivity contribution >= 4 is 29.1 Å². The topological polar surface area (TPSA) is 101 Å². The second-order valence-electron chi connectivity index (χ2n) is 8.98. The van der Waals surface area contributed by atoms with Crippen LogP contribution >= 0.6 is 0 Å². The third-order valence-corrected chi connectivity index (χ3v) is 6.64. The van der Waals surface area contributed by atoms with Crippen LogP contribution in [0.2, 0.25) is 0 Å². The molecule has 0 bridgehead atoms. The van der Waals surface area contributed by atoms with Crippen molar-refractivity contribution in [2.24, 2.45) is 5.92 Å². The summed E-state index contributed by atoms with van der Waals surface area (Å²) in [5.74, 6) is -4.16. The number of hydrogen-bond donors (Lipinski definition) is 2. The summed E-state index contributed by atoms with van der Waals surface area (Å²) < 4.78 is 65.9. The van der Waals surface area contributed by atoms with Crippen LogP contribution in [0.3, 0.4) is 0 Å². The maximum atomic E-state index is 13.8. The molecule has 2 aromatic carbocycles. The number of carboxylic acid groups (broad SMARTS) is 1. The molecule has 3 heterocycles. The molecule has 3 aromatic rings. The molecule has 38 heavy (non-hydrogen) atoms. The summed E-state index contributed by atoms with van der Waals surface area (Å²) in [7, 11) is 0. The molecule has 2 aliphatic heterocycles. The Bertz CT molecular complexity index is 1400.